The van der Waals surface area contributed by atoms with E-state index in [4.69, 9.17) is 0 Å². The van der Waals surface area contributed by atoms with E-state index in [-0.39, 0.29) is 5.91 Å². The molecule has 0 radical (unpaired) electrons. The van der Waals surface area contributed by atoms with E-state index in [1.54, 1.807) is 23.0 Å². The van der Waals surface area contributed by atoms with Crippen LogP contribution >= 0.6 is 0 Å². The average Bonchev–Trinajstić information content (AvgIpc) is 2.44. The van der Waals surface area contributed by atoms with E-state index >= 15 is 0 Å². The number of nitrogens with one attached hydrogen (secondary N) is 1. The third-order valence-corrected chi connectivity index (χ3v) is 1.54. The molecule has 0 saturated carbocycles. The summed E-state index contributed by atoms with van der Waals surface area (Å²) in [6, 6.07) is 3.61. The summed E-state index contributed by atoms with van der Waals surface area (Å²) in [7, 11) is 0. The molecule has 0 saturated heterocycles. The molecule has 2 rings (SSSR count). The van der Waals surface area contributed by atoms with Gasteiger partial charge in [-0.2, -0.15) is 5.10 Å². The molecular formula is C8H8N4O. The van der Waals surface area contributed by atoms with E-state index in [9.17, 15) is 4.79 Å². The Bertz CT molecular complexity index is 415. The number of imidazole rings is 1. The molecule has 0 unspecified atom stereocenters. The standard InChI is InChI=1S/C8H8N4O/c1-6(13)10-7-5-12-8(11-7)3-2-4-9-12/h2-5H,1H3,(H,10,13). The summed E-state index contributed by atoms with van der Waals surface area (Å²) in [4.78, 5) is 14.8. The van der Waals surface area contributed by atoms with Crippen LogP contribution < -0.4 is 5.32 Å². The molecule has 1 N–H and O–H groups in total. The van der Waals surface area contributed by atoms with Gasteiger partial charge < -0.3 is 5.32 Å². The van der Waals surface area contributed by atoms with Gasteiger partial charge in [0.15, 0.2) is 11.5 Å². The van der Waals surface area contributed by atoms with Crippen molar-refractivity contribution in [2.24, 2.45) is 0 Å². The third kappa shape index (κ3) is 1.48. The lowest BCUT2D eigenvalue weighted by atomic mass is 10.6. The minimum absolute atomic E-state index is 0.136. The van der Waals surface area contributed by atoms with Crippen LogP contribution in [0.3, 0.4) is 0 Å². The number of hydrogen-bond acceptors (Lipinski definition) is 3. The van der Waals surface area contributed by atoms with Crippen molar-refractivity contribution in [2.45, 2.75) is 6.92 Å². The molecule has 1 amide bonds. The van der Waals surface area contributed by atoms with Gasteiger partial charge in [-0.25, -0.2) is 9.50 Å². The fraction of sp³-hybridized carbons (Fsp3) is 0.125. The summed E-state index contributed by atoms with van der Waals surface area (Å²) in [6.45, 7) is 1.44. The van der Waals surface area contributed by atoms with Crippen LogP contribution in [0.1, 0.15) is 6.92 Å². The van der Waals surface area contributed by atoms with Crippen molar-refractivity contribution >= 4 is 17.4 Å². The minimum Gasteiger partial charge on any atom is -0.310 e. The molecular weight excluding hydrogens is 168 g/mol. The topological polar surface area (TPSA) is 59.3 Å². The molecule has 13 heavy (non-hydrogen) atoms. The van der Waals surface area contributed by atoms with Gasteiger partial charge in [-0.15, -0.1) is 0 Å². The smallest absolute Gasteiger partial charge is 0.222 e. The Labute approximate surface area is 74.4 Å². The zero-order chi connectivity index (χ0) is 9.26. The van der Waals surface area contributed by atoms with E-state index in [0.29, 0.717) is 11.5 Å². The van der Waals surface area contributed by atoms with Crippen molar-refractivity contribution in [1.29, 1.82) is 0 Å². The molecule has 0 aromatic carbocycles. The van der Waals surface area contributed by atoms with Crippen LogP contribution in [0.5, 0.6) is 0 Å². The number of rotatable bonds is 1. The molecule has 0 aliphatic heterocycles. The average molecular weight is 176 g/mol. The first-order chi connectivity index (χ1) is 6.25. The molecule has 5 nitrogen and oxygen atoms in total. The number of nitrogens with zero attached hydrogens (tertiary/aromatic N) is 3. The highest BCUT2D eigenvalue weighted by Gasteiger charge is 2.01. The van der Waals surface area contributed by atoms with E-state index < -0.39 is 0 Å². The lowest BCUT2D eigenvalue weighted by Gasteiger charge is -1.91. The van der Waals surface area contributed by atoms with E-state index in [0.717, 1.165) is 0 Å². The molecule has 66 valence electrons. The summed E-state index contributed by atoms with van der Waals surface area (Å²) in [5, 5.41) is 6.60. The Balaban J connectivity index is 2.44. The highest BCUT2D eigenvalue weighted by molar-refractivity contribution is 5.87. The van der Waals surface area contributed by atoms with Crippen LogP contribution in [-0.2, 0) is 4.79 Å². The first-order valence-corrected chi connectivity index (χ1v) is 3.84. The molecule has 0 fully saturated rings. The van der Waals surface area contributed by atoms with Crippen molar-refractivity contribution in [2.75, 3.05) is 5.32 Å². The Kier molecular flexibility index (Phi) is 1.70. The van der Waals surface area contributed by atoms with E-state index in [1.165, 1.54) is 6.92 Å². The maximum atomic E-state index is 10.7. The lowest BCUT2D eigenvalue weighted by molar-refractivity contribution is -0.114. The second-order valence-electron chi connectivity index (χ2n) is 2.63. The van der Waals surface area contributed by atoms with Crippen molar-refractivity contribution in [3.63, 3.8) is 0 Å². The normalized spacial score (nSPS) is 10.2. The lowest BCUT2D eigenvalue weighted by Crippen LogP contribution is -2.05. The third-order valence-electron chi connectivity index (χ3n) is 1.54. The first kappa shape index (κ1) is 7.72. The molecule has 2 aromatic rings. The van der Waals surface area contributed by atoms with Gasteiger partial charge in [0, 0.05) is 13.1 Å². The van der Waals surface area contributed by atoms with Crippen LogP contribution in [0.15, 0.2) is 24.5 Å². The van der Waals surface area contributed by atoms with Crippen LogP contribution in [0.2, 0.25) is 0 Å². The highest BCUT2D eigenvalue weighted by atomic mass is 16.1. The Morgan fingerprint density at radius 1 is 1.62 bits per heavy atom. The van der Waals surface area contributed by atoms with Crippen LogP contribution in [0.4, 0.5) is 5.82 Å². The second kappa shape index (κ2) is 2.85. The number of anilines is 1. The van der Waals surface area contributed by atoms with Gasteiger partial charge in [0.2, 0.25) is 5.91 Å². The predicted octanol–water partition coefficient (Wildman–Crippen LogP) is 0.688. The van der Waals surface area contributed by atoms with Gasteiger partial charge in [0.25, 0.3) is 0 Å². The Morgan fingerprint density at radius 3 is 3.15 bits per heavy atom. The molecule has 0 bridgehead atoms. The maximum absolute atomic E-state index is 10.7. The van der Waals surface area contributed by atoms with Gasteiger partial charge in [0.1, 0.15) is 0 Å². The van der Waals surface area contributed by atoms with Gasteiger partial charge in [-0.3, -0.25) is 4.79 Å². The van der Waals surface area contributed by atoms with Gasteiger partial charge in [-0.1, -0.05) is 0 Å². The largest absolute Gasteiger partial charge is 0.310 e. The van der Waals surface area contributed by atoms with Gasteiger partial charge in [0.05, 0.1) is 6.20 Å². The van der Waals surface area contributed by atoms with Crippen molar-refractivity contribution < 1.29 is 4.79 Å². The van der Waals surface area contributed by atoms with Crippen molar-refractivity contribution in [3.05, 3.63) is 24.5 Å². The Hall–Kier alpha value is -1.91. The van der Waals surface area contributed by atoms with Crippen LogP contribution in [0.25, 0.3) is 5.65 Å². The number of fused-ring (bicyclic) bond motifs is 1. The second-order valence-corrected chi connectivity index (χ2v) is 2.63. The molecule has 0 atom stereocenters. The molecule has 0 spiro atoms. The quantitative estimate of drug-likeness (QED) is 0.695. The SMILES string of the molecule is CC(=O)Nc1cn2ncccc2n1. The molecule has 2 aromatic heterocycles. The maximum Gasteiger partial charge on any atom is 0.222 e. The summed E-state index contributed by atoms with van der Waals surface area (Å²) >= 11 is 0. The highest BCUT2D eigenvalue weighted by Crippen LogP contribution is 2.06. The predicted molar refractivity (Wildman–Crippen MR) is 47.3 cm³/mol. The zero-order valence-corrected chi connectivity index (χ0v) is 7.06. The van der Waals surface area contributed by atoms with Crippen LogP contribution in [0, 0.1) is 0 Å². The fourth-order valence-corrected chi connectivity index (χ4v) is 1.07. The first-order valence-electron chi connectivity index (χ1n) is 3.84. The summed E-state index contributed by atoms with van der Waals surface area (Å²) in [5.41, 5.74) is 0.714. The number of carbonyl (C=O) groups is 1. The van der Waals surface area contributed by atoms with Gasteiger partial charge >= 0.3 is 0 Å². The minimum atomic E-state index is -0.136. The monoisotopic (exact) mass is 176 g/mol. The molecule has 5 heteroatoms. The number of carbonyl (C=O) groups excluding carboxylic acids is 1. The Morgan fingerprint density at radius 2 is 2.46 bits per heavy atom. The number of aromatic nitrogens is 3. The zero-order valence-electron chi connectivity index (χ0n) is 7.06. The van der Waals surface area contributed by atoms with Gasteiger partial charge in [-0.05, 0) is 12.1 Å². The van der Waals surface area contributed by atoms with Crippen molar-refractivity contribution in [3.8, 4) is 0 Å². The van der Waals surface area contributed by atoms with Crippen LogP contribution in [-0.4, -0.2) is 20.5 Å². The molecule has 2 heterocycles. The van der Waals surface area contributed by atoms with E-state index in [1.807, 2.05) is 6.07 Å². The number of hydrogen-bond donors (Lipinski definition) is 1. The summed E-state index contributed by atoms with van der Waals surface area (Å²) in [6.07, 6.45) is 3.32. The summed E-state index contributed by atoms with van der Waals surface area (Å²) in [5.74, 6) is 0.384. The summed E-state index contributed by atoms with van der Waals surface area (Å²) < 4.78 is 1.60. The molecule has 0 aliphatic rings. The number of amides is 1. The molecule has 0 aliphatic carbocycles. The fourth-order valence-electron chi connectivity index (χ4n) is 1.07. The van der Waals surface area contributed by atoms with Crippen molar-refractivity contribution in [1.82, 2.24) is 14.6 Å². The van der Waals surface area contributed by atoms with E-state index in [2.05, 4.69) is 15.4 Å².